The van der Waals surface area contributed by atoms with Crippen molar-refractivity contribution in [3.63, 3.8) is 0 Å². The molecule has 2 heterocycles. The van der Waals surface area contributed by atoms with E-state index in [1.807, 2.05) is 24.3 Å². The number of nitrogens with one attached hydrogen (secondary N) is 1. The second kappa shape index (κ2) is 6.94. The molecule has 1 unspecified atom stereocenters. The molecular weight excluding hydrogens is 341 g/mol. The Morgan fingerprint density at radius 1 is 1.25 bits per heavy atom. The summed E-state index contributed by atoms with van der Waals surface area (Å²) in [5.74, 6) is 0.201. The molecule has 4 nitrogen and oxygen atoms in total. The summed E-state index contributed by atoms with van der Waals surface area (Å²) >= 11 is 5.98. The van der Waals surface area contributed by atoms with E-state index in [4.69, 9.17) is 11.6 Å². The number of likely N-dealkylation sites (tertiary alicyclic amines) is 1. The second-order valence-electron chi connectivity index (χ2n) is 5.78. The first-order valence-electron chi connectivity index (χ1n) is 7.53. The summed E-state index contributed by atoms with van der Waals surface area (Å²) in [5.41, 5.74) is 0.179. The maximum absolute atomic E-state index is 12.7. The maximum atomic E-state index is 12.7. The summed E-state index contributed by atoms with van der Waals surface area (Å²) in [6.45, 7) is 2.36. The van der Waals surface area contributed by atoms with Crippen LogP contribution in [0.5, 0.6) is 0 Å². The van der Waals surface area contributed by atoms with Crippen molar-refractivity contribution in [1.82, 2.24) is 14.9 Å². The Balaban J connectivity index is 1.58. The fraction of sp³-hybridized carbons (Fsp3) is 0.375. The van der Waals surface area contributed by atoms with Gasteiger partial charge in [-0.1, -0.05) is 23.7 Å². The van der Waals surface area contributed by atoms with Gasteiger partial charge >= 0.3 is 6.18 Å². The van der Waals surface area contributed by atoms with Gasteiger partial charge in [-0.2, -0.15) is 13.2 Å². The van der Waals surface area contributed by atoms with Crippen LogP contribution in [0.4, 0.5) is 19.0 Å². The van der Waals surface area contributed by atoms with Gasteiger partial charge in [-0.05, 0) is 24.1 Å². The molecule has 1 saturated heterocycles. The topological polar surface area (TPSA) is 41.0 Å². The summed E-state index contributed by atoms with van der Waals surface area (Å²) in [5, 5.41) is 3.76. The molecule has 0 amide bonds. The summed E-state index contributed by atoms with van der Waals surface area (Å²) in [6, 6.07) is 8.66. The van der Waals surface area contributed by atoms with Crippen LogP contribution >= 0.6 is 11.6 Å². The zero-order valence-electron chi connectivity index (χ0n) is 12.7. The van der Waals surface area contributed by atoms with E-state index in [2.05, 4.69) is 20.2 Å². The first-order valence-corrected chi connectivity index (χ1v) is 7.90. The summed E-state index contributed by atoms with van der Waals surface area (Å²) in [4.78, 5) is 9.38. The van der Waals surface area contributed by atoms with E-state index in [0.717, 1.165) is 44.0 Å². The Morgan fingerprint density at radius 2 is 2.08 bits per heavy atom. The number of nitrogens with zero attached hydrogens (tertiary/aromatic N) is 3. The van der Waals surface area contributed by atoms with Gasteiger partial charge in [-0.3, -0.25) is 4.90 Å². The van der Waals surface area contributed by atoms with Crippen LogP contribution in [-0.2, 0) is 12.7 Å². The number of hydrogen-bond acceptors (Lipinski definition) is 4. The van der Waals surface area contributed by atoms with Crippen LogP contribution in [-0.4, -0.2) is 34.0 Å². The highest BCUT2D eigenvalue weighted by atomic mass is 35.5. The van der Waals surface area contributed by atoms with Crippen LogP contribution in [0.25, 0.3) is 0 Å². The van der Waals surface area contributed by atoms with Gasteiger partial charge < -0.3 is 5.32 Å². The van der Waals surface area contributed by atoms with E-state index < -0.39 is 11.9 Å². The fourth-order valence-electron chi connectivity index (χ4n) is 2.79. The third kappa shape index (κ3) is 4.36. The summed E-state index contributed by atoms with van der Waals surface area (Å²) in [7, 11) is 0. The van der Waals surface area contributed by atoms with E-state index in [9.17, 15) is 13.2 Å². The molecule has 1 aromatic heterocycles. The summed E-state index contributed by atoms with van der Waals surface area (Å²) in [6.07, 6.45) is -2.69. The lowest BCUT2D eigenvalue weighted by Gasteiger charge is -2.17. The van der Waals surface area contributed by atoms with Crippen molar-refractivity contribution < 1.29 is 13.2 Å². The molecule has 0 saturated carbocycles. The monoisotopic (exact) mass is 356 g/mol. The zero-order chi connectivity index (χ0) is 17.2. The Morgan fingerprint density at radius 3 is 2.83 bits per heavy atom. The molecule has 0 bridgehead atoms. The van der Waals surface area contributed by atoms with Gasteiger partial charge in [-0.25, -0.2) is 9.97 Å². The molecule has 0 aliphatic carbocycles. The number of benzene rings is 1. The number of rotatable bonds is 4. The predicted molar refractivity (Wildman–Crippen MR) is 85.8 cm³/mol. The van der Waals surface area contributed by atoms with Crippen molar-refractivity contribution in [2.75, 3.05) is 18.4 Å². The normalized spacial score (nSPS) is 18.8. The Kier molecular flexibility index (Phi) is 4.91. The number of alkyl halides is 3. The quantitative estimate of drug-likeness (QED) is 0.903. The van der Waals surface area contributed by atoms with Gasteiger partial charge in [0.15, 0.2) is 0 Å². The van der Waals surface area contributed by atoms with Crippen molar-refractivity contribution in [2.24, 2.45) is 0 Å². The third-order valence-electron chi connectivity index (χ3n) is 3.88. The molecular formula is C16H16ClF3N4. The molecule has 1 N–H and O–H groups in total. The van der Waals surface area contributed by atoms with E-state index in [1.54, 1.807) is 0 Å². The van der Waals surface area contributed by atoms with Crippen LogP contribution in [0.3, 0.4) is 0 Å². The highest BCUT2D eigenvalue weighted by Crippen LogP contribution is 2.28. The Hall–Kier alpha value is -1.86. The van der Waals surface area contributed by atoms with Crippen LogP contribution in [0, 0.1) is 0 Å². The summed E-state index contributed by atoms with van der Waals surface area (Å²) < 4.78 is 38.0. The van der Waals surface area contributed by atoms with Crippen molar-refractivity contribution in [3.8, 4) is 0 Å². The Labute approximate surface area is 142 Å². The van der Waals surface area contributed by atoms with E-state index in [0.29, 0.717) is 5.02 Å². The molecule has 0 spiro atoms. The van der Waals surface area contributed by atoms with Crippen molar-refractivity contribution in [2.45, 2.75) is 25.2 Å². The molecule has 3 rings (SSSR count). The average molecular weight is 357 g/mol. The van der Waals surface area contributed by atoms with Gasteiger partial charge in [0.05, 0.1) is 0 Å². The van der Waals surface area contributed by atoms with Crippen molar-refractivity contribution >= 4 is 17.4 Å². The minimum absolute atomic E-state index is 0.0557. The predicted octanol–water partition coefficient (Wildman–Crippen LogP) is 3.84. The van der Waals surface area contributed by atoms with Crippen LogP contribution in [0.15, 0.2) is 36.7 Å². The Bertz CT molecular complexity index is 708. The molecule has 1 aliphatic rings. The number of hydrogen-bond donors (Lipinski definition) is 1. The first kappa shape index (κ1) is 17.0. The second-order valence-corrected chi connectivity index (χ2v) is 6.22. The molecule has 1 atom stereocenters. The SMILES string of the molecule is FC(F)(F)c1cc(NC2CCN(Cc3cccc(Cl)c3)C2)ncn1. The van der Waals surface area contributed by atoms with Gasteiger partial charge in [0.1, 0.15) is 17.8 Å². The number of halogens is 4. The van der Waals surface area contributed by atoms with Gasteiger partial charge in [0, 0.05) is 36.8 Å². The van der Waals surface area contributed by atoms with E-state index in [1.165, 1.54) is 0 Å². The molecule has 1 aliphatic heterocycles. The first-order chi connectivity index (χ1) is 11.4. The number of anilines is 1. The van der Waals surface area contributed by atoms with Gasteiger partial charge in [0.2, 0.25) is 0 Å². The molecule has 2 aromatic rings. The van der Waals surface area contributed by atoms with E-state index >= 15 is 0 Å². The van der Waals surface area contributed by atoms with Crippen LogP contribution in [0.2, 0.25) is 5.02 Å². The largest absolute Gasteiger partial charge is 0.433 e. The minimum atomic E-state index is -4.46. The highest BCUT2D eigenvalue weighted by Gasteiger charge is 2.33. The molecule has 0 radical (unpaired) electrons. The third-order valence-corrected chi connectivity index (χ3v) is 4.11. The minimum Gasteiger partial charge on any atom is -0.366 e. The highest BCUT2D eigenvalue weighted by molar-refractivity contribution is 6.30. The lowest BCUT2D eigenvalue weighted by molar-refractivity contribution is -0.141. The van der Waals surface area contributed by atoms with Crippen molar-refractivity contribution in [1.29, 1.82) is 0 Å². The smallest absolute Gasteiger partial charge is 0.366 e. The molecule has 1 fully saturated rings. The molecule has 128 valence electrons. The fourth-order valence-corrected chi connectivity index (χ4v) is 3.00. The molecule has 1 aromatic carbocycles. The van der Waals surface area contributed by atoms with E-state index in [-0.39, 0.29) is 11.9 Å². The molecule has 8 heteroatoms. The van der Waals surface area contributed by atoms with Crippen LogP contribution < -0.4 is 5.32 Å². The lowest BCUT2D eigenvalue weighted by Crippen LogP contribution is -2.26. The van der Waals surface area contributed by atoms with Crippen molar-refractivity contribution in [3.05, 3.63) is 52.9 Å². The van der Waals surface area contributed by atoms with Crippen LogP contribution in [0.1, 0.15) is 17.7 Å². The van der Waals surface area contributed by atoms with Gasteiger partial charge in [0.25, 0.3) is 0 Å². The number of aromatic nitrogens is 2. The standard InChI is InChI=1S/C16H16ClF3N4/c17-12-3-1-2-11(6-12)8-24-5-4-13(9-24)23-15-7-14(16(18,19)20)21-10-22-15/h1-3,6-7,10,13H,4-5,8-9H2,(H,21,22,23). The molecule has 24 heavy (non-hydrogen) atoms. The zero-order valence-corrected chi connectivity index (χ0v) is 13.5. The average Bonchev–Trinajstić information content (AvgIpc) is 2.94. The maximum Gasteiger partial charge on any atom is 0.433 e. The van der Waals surface area contributed by atoms with Gasteiger partial charge in [-0.15, -0.1) is 0 Å². The lowest BCUT2D eigenvalue weighted by atomic mass is 10.2.